The number of amides is 2. The van der Waals surface area contributed by atoms with Gasteiger partial charge in [-0.1, -0.05) is 39.3 Å². The second kappa shape index (κ2) is 11.0. The summed E-state index contributed by atoms with van der Waals surface area (Å²) in [4.78, 5) is 24.7. The molecular weight excluding hydrogens is 404 g/mol. The lowest BCUT2D eigenvalue weighted by Gasteiger charge is -2.21. The minimum atomic E-state index is -0.476. The van der Waals surface area contributed by atoms with E-state index < -0.39 is 6.09 Å². The Labute approximate surface area is 183 Å². The van der Waals surface area contributed by atoms with Crippen LogP contribution in [-0.4, -0.2) is 41.0 Å². The fourth-order valence-electron chi connectivity index (χ4n) is 3.29. The predicted molar refractivity (Wildman–Crippen MR) is 118 cm³/mol. The molecule has 0 aliphatic heterocycles. The Morgan fingerprint density at radius 3 is 2.40 bits per heavy atom. The fourth-order valence-corrected chi connectivity index (χ4v) is 3.42. The molecule has 7 nitrogen and oxygen atoms in total. The van der Waals surface area contributed by atoms with Gasteiger partial charge in [-0.15, -0.1) is 0 Å². The van der Waals surface area contributed by atoms with E-state index in [9.17, 15) is 9.59 Å². The van der Waals surface area contributed by atoms with E-state index in [1.807, 2.05) is 26.0 Å². The molecule has 0 saturated carbocycles. The molecule has 2 rings (SSSR count). The first-order valence-corrected chi connectivity index (χ1v) is 10.7. The summed E-state index contributed by atoms with van der Waals surface area (Å²) < 4.78 is 6.73. The van der Waals surface area contributed by atoms with Crippen LogP contribution < -0.4 is 10.6 Å². The van der Waals surface area contributed by atoms with Gasteiger partial charge in [-0.3, -0.25) is 4.79 Å². The van der Waals surface area contributed by atoms with Gasteiger partial charge in [-0.25, -0.2) is 9.48 Å². The number of benzene rings is 1. The highest BCUT2D eigenvalue weighted by atomic mass is 35.5. The zero-order valence-electron chi connectivity index (χ0n) is 18.2. The summed E-state index contributed by atoms with van der Waals surface area (Å²) in [5.74, 6) is 0.207. The first-order chi connectivity index (χ1) is 14.2. The molecule has 0 saturated heterocycles. The monoisotopic (exact) mass is 434 g/mol. The van der Waals surface area contributed by atoms with Crippen molar-refractivity contribution in [2.75, 3.05) is 13.2 Å². The van der Waals surface area contributed by atoms with Crippen molar-refractivity contribution in [1.29, 1.82) is 0 Å². The number of carbonyl (C=O) groups excluding carboxylic acids is 2. The number of nitrogens with zero attached hydrogens (tertiary/aromatic N) is 2. The zero-order chi connectivity index (χ0) is 22.3. The van der Waals surface area contributed by atoms with Crippen LogP contribution in [0.1, 0.15) is 63.0 Å². The third kappa shape index (κ3) is 6.49. The molecule has 1 heterocycles. The van der Waals surface area contributed by atoms with E-state index in [-0.39, 0.29) is 17.9 Å². The number of rotatable bonds is 9. The van der Waals surface area contributed by atoms with Gasteiger partial charge in [0.2, 0.25) is 0 Å². The SMILES string of the molecule is CCOC(=O)NC(CNC(=O)c1cnn(-c2ccc(Cl)cc2)c1C(C)C)CC(C)C. The molecule has 1 aromatic heterocycles. The number of ether oxygens (including phenoxy) is 1. The fraction of sp³-hybridized carbons (Fsp3) is 0.500. The van der Waals surface area contributed by atoms with Gasteiger partial charge in [-0.05, 0) is 49.4 Å². The minimum Gasteiger partial charge on any atom is -0.450 e. The summed E-state index contributed by atoms with van der Waals surface area (Å²) in [6.45, 7) is 10.5. The first-order valence-electron chi connectivity index (χ1n) is 10.3. The van der Waals surface area contributed by atoms with Crippen LogP contribution in [0.5, 0.6) is 0 Å². The van der Waals surface area contributed by atoms with Crippen LogP contribution in [0.3, 0.4) is 0 Å². The molecule has 2 N–H and O–H groups in total. The van der Waals surface area contributed by atoms with E-state index in [2.05, 4.69) is 29.6 Å². The predicted octanol–water partition coefficient (Wildman–Crippen LogP) is 4.54. The van der Waals surface area contributed by atoms with Crippen LogP contribution in [-0.2, 0) is 4.74 Å². The number of hydrogen-bond donors (Lipinski definition) is 2. The van der Waals surface area contributed by atoms with Gasteiger partial charge in [0.25, 0.3) is 5.91 Å². The van der Waals surface area contributed by atoms with Crippen LogP contribution >= 0.6 is 11.6 Å². The topological polar surface area (TPSA) is 85.2 Å². The van der Waals surface area contributed by atoms with Gasteiger partial charge in [0.15, 0.2) is 0 Å². The Morgan fingerprint density at radius 2 is 1.83 bits per heavy atom. The normalized spacial score (nSPS) is 12.1. The molecule has 0 radical (unpaired) electrons. The van der Waals surface area contributed by atoms with Crippen LogP contribution in [0.2, 0.25) is 5.02 Å². The maximum absolute atomic E-state index is 12.9. The van der Waals surface area contributed by atoms with Gasteiger partial charge in [-0.2, -0.15) is 5.10 Å². The van der Waals surface area contributed by atoms with Crippen molar-refractivity contribution < 1.29 is 14.3 Å². The highest BCUT2D eigenvalue weighted by molar-refractivity contribution is 6.30. The molecule has 8 heteroatoms. The molecule has 164 valence electrons. The second-order valence-corrected chi connectivity index (χ2v) is 8.32. The van der Waals surface area contributed by atoms with Crippen molar-refractivity contribution in [1.82, 2.24) is 20.4 Å². The van der Waals surface area contributed by atoms with Gasteiger partial charge >= 0.3 is 6.09 Å². The van der Waals surface area contributed by atoms with Crippen molar-refractivity contribution in [2.45, 2.75) is 53.0 Å². The molecule has 30 heavy (non-hydrogen) atoms. The molecular formula is C22H31ClN4O3. The number of nitrogens with one attached hydrogen (secondary N) is 2. The van der Waals surface area contributed by atoms with Gasteiger partial charge < -0.3 is 15.4 Å². The second-order valence-electron chi connectivity index (χ2n) is 7.89. The number of alkyl carbamates (subject to hydrolysis) is 1. The summed E-state index contributed by atoms with van der Waals surface area (Å²) in [5.41, 5.74) is 2.16. The summed E-state index contributed by atoms with van der Waals surface area (Å²) in [6.07, 6.45) is 1.83. The lowest BCUT2D eigenvalue weighted by Crippen LogP contribution is -2.44. The molecule has 1 unspecified atom stereocenters. The largest absolute Gasteiger partial charge is 0.450 e. The molecule has 0 spiro atoms. The van der Waals surface area contributed by atoms with E-state index in [0.29, 0.717) is 29.7 Å². The molecule has 0 bridgehead atoms. The smallest absolute Gasteiger partial charge is 0.407 e. The maximum atomic E-state index is 12.9. The van der Waals surface area contributed by atoms with E-state index in [1.165, 1.54) is 0 Å². The van der Waals surface area contributed by atoms with Crippen molar-refractivity contribution in [3.05, 3.63) is 46.7 Å². The standard InChI is InChI=1S/C22H31ClN4O3/c1-6-30-22(29)26-17(11-14(2)3)12-24-21(28)19-13-25-27(20(19)15(4)5)18-9-7-16(23)8-10-18/h7-10,13-15,17H,6,11-12H2,1-5H3,(H,24,28)(H,26,29). The zero-order valence-corrected chi connectivity index (χ0v) is 19.0. The Balaban J connectivity index is 2.17. The average Bonchev–Trinajstić information content (AvgIpc) is 3.11. The number of halogens is 1. The molecule has 0 aliphatic carbocycles. The highest BCUT2D eigenvalue weighted by Gasteiger charge is 2.22. The molecule has 1 aromatic carbocycles. The summed E-state index contributed by atoms with van der Waals surface area (Å²) >= 11 is 5.99. The van der Waals surface area contributed by atoms with Gasteiger partial charge in [0, 0.05) is 17.6 Å². The van der Waals surface area contributed by atoms with E-state index in [0.717, 1.165) is 17.8 Å². The Morgan fingerprint density at radius 1 is 1.17 bits per heavy atom. The quantitative estimate of drug-likeness (QED) is 0.606. The Bertz CT molecular complexity index is 847. The van der Waals surface area contributed by atoms with E-state index in [1.54, 1.807) is 29.9 Å². The maximum Gasteiger partial charge on any atom is 0.407 e. The van der Waals surface area contributed by atoms with Crippen LogP contribution in [0.4, 0.5) is 4.79 Å². The first kappa shape index (κ1) is 23.7. The minimum absolute atomic E-state index is 0.0769. The third-order valence-corrected chi connectivity index (χ3v) is 4.78. The van der Waals surface area contributed by atoms with E-state index in [4.69, 9.17) is 16.3 Å². The lowest BCUT2D eigenvalue weighted by atomic mass is 10.0. The third-order valence-electron chi connectivity index (χ3n) is 4.53. The van der Waals surface area contributed by atoms with Crippen LogP contribution in [0.25, 0.3) is 5.69 Å². The lowest BCUT2D eigenvalue weighted by molar-refractivity contribution is 0.0943. The summed E-state index contributed by atoms with van der Waals surface area (Å²) in [7, 11) is 0. The molecule has 0 fully saturated rings. The van der Waals surface area contributed by atoms with E-state index >= 15 is 0 Å². The Hall–Kier alpha value is -2.54. The van der Waals surface area contributed by atoms with Crippen molar-refractivity contribution in [2.24, 2.45) is 5.92 Å². The van der Waals surface area contributed by atoms with Crippen molar-refractivity contribution in [3.8, 4) is 5.69 Å². The number of carbonyl (C=O) groups is 2. The van der Waals surface area contributed by atoms with Gasteiger partial charge in [0.1, 0.15) is 0 Å². The van der Waals surface area contributed by atoms with Crippen molar-refractivity contribution in [3.63, 3.8) is 0 Å². The number of hydrogen-bond acceptors (Lipinski definition) is 4. The highest BCUT2D eigenvalue weighted by Crippen LogP contribution is 2.24. The molecule has 2 amide bonds. The Kier molecular flexibility index (Phi) is 8.72. The average molecular weight is 435 g/mol. The van der Waals surface area contributed by atoms with Crippen molar-refractivity contribution >= 4 is 23.6 Å². The molecule has 1 atom stereocenters. The molecule has 0 aliphatic rings. The molecule has 2 aromatic rings. The number of aromatic nitrogens is 2. The summed E-state index contributed by atoms with van der Waals surface area (Å²) in [6, 6.07) is 7.09. The van der Waals surface area contributed by atoms with Gasteiger partial charge in [0.05, 0.1) is 29.7 Å². The van der Waals surface area contributed by atoms with Crippen LogP contribution in [0.15, 0.2) is 30.5 Å². The van der Waals surface area contributed by atoms with Crippen LogP contribution in [0, 0.1) is 5.92 Å². The summed E-state index contributed by atoms with van der Waals surface area (Å²) in [5, 5.41) is 10.8.